The Balaban J connectivity index is 2.06. The summed E-state index contributed by atoms with van der Waals surface area (Å²) in [6, 6.07) is 12.9. The van der Waals surface area contributed by atoms with Crippen LogP contribution in [-0.2, 0) is 6.54 Å². The highest BCUT2D eigenvalue weighted by Crippen LogP contribution is 2.21. The predicted molar refractivity (Wildman–Crippen MR) is 74.4 cm³/mol. The van der Waals surface area contributed by atoms with Gasteiger partial charge in [0.05, 0.1) is 17.6 Å². The minimum absolute atomic E-state index is 0.0456. The van der Waals surface area contributed by atoms with Crippen molar-refractivity contribution in [2.24, 2.45) is 0 Å². The number of benzene rings is 2. The first-order valence-corrected chi connectivity index (χ1v) is 6.05. The fraction of sp³-hybridized carbons (Fsp3) is 0.0714. The molecule has 0 radical (unpaired) electrons. The van der Waals surface area contributed by atoms with E-state index in [9.17, 15) is 4.79 Å². The number of carboxylic acids is 1. The molecule has 3 N–H and O–H groups in total. The van der Waals surface area contributed by atoms with Gasteiger partial charge < -0.3 is 10.8 Å². The van der Waals surface area contributed by atoms with Crippen molar-refractivity contribution in [1.82, 2.24) is 15.0 Å². The van der Waals surface area contributed by atoms with Crippen LogP contribution in [0.15, 0.2) is 42.5 Å². The number of aromatic nitrogens is 3. The molecule has 0 aliphatic rings. The van der Waals surface area contributed by atoms with E-state index in [0.717, 1.165) is 11.1 Å². The molecular formula is C14H12N4O2. The number of nitrogen functional groups attached to an aromatic ring is 1. The van der Waals surface area contributed by atoms with E-state index in [1.165, 1.54) is 6.07 Å². The Morgan fingerprint density at radius 1 is 1.25 bits per heavy atom. The fourth-order valence-corrected chi connectivity index (χ4v) is 2.09. The third kappa shape index (κ3) is 2.07. The van der Waals surface area contributed by atoms with E-state index >= 15 is 0 Å². The summed E-state index contributed by atoms with van der Waals surface area (Å²) in [4.78, 5) is 11.0. The number of nitrogens with two attached hydrogens (primary N) is 1. The molecule has 0 saturated heterocycles. The second-order valence-corrected chi connectivity index (χ2v) is 4.47. The molecule has 100 valence electrons. The summed E-state index contributed by atoms with van der Waals surface area (Å²) in [7, 11) is 0. The molecule has 0 bridgehead atoms. The van der Waals surface area contributed by atoms with Gasteiger partial charge in [0.25, 0.3) is 0 Å². The Kier molecular flexibility index (Phi) is 2.83. The van der Waals surface area contributed by atoms with Gasteiger partial charge in [-0.25, -0.2) is 9.48 Å². The molecule has 1 heterocycles. The van der Waals surface area contributed by atoms with E-state index in [1.54, 1.807) is 10.7 Å². The molecule has 0 aliphatic carbocycles. The van der Waals surface area contributed by atoms with E-state index in [1.807, 2.05) is 30.3 Å². The summed E-state index contributed by atoms with van der Waals surface area (Å²) in [6.07, 6.45) is 0. The normalized spacial score (nSPS) is 10.8. The molecule has 6 nitrogen and oxygen atoms in total. The largest absolute Gasteiger partial charge is 0.478 e. The maximum Gasteiger partial charge on any atom is 0.337 e. The van der Waals surface area contributed by atoms with Gasteiger partial charge in [0, 0.05) is 5.69 Å². The molecular weight excluding hydrogens is 256 g/mol. The lowest BCUT2D eigenvalue weighted by atomic mass is 10.1. The Hall–Kier alpha value is -2.89. The van der Waals surface area contributed by atoms with E-state index in [0.29, 0.717) is 12.1 Å². The molecule has 0 aliphatic heterocycles. The number of aromatic carboxylic acids is 1. The molecule has 0 amide bonds. The summed E-state index contributed by atoms with van der Waals surface area (Å²) >= 11 is 0. The quantitative estimate of drug-likeness (QED) is 0.706. The first kappa shape index (κ1) is 12.2. The minimum atomic E-state index is -1.07. The maximum atomic E-state index is 11.0. The van der Waals surface area contributed by atoms with E-state index in [4.69, 9.17) is 10.8 Å². The van der Waals surface area contributed by atoms with Gasteiger partial charge in [-0.15, -0.1) is 5.10 Å². The van der Waals surface area contributed by atoms with Crippen molar-refractivity contribution in [2.45, 2.75) is 6.54 Å². The number of carbonyl (C=O) groups is 1. The van der Waals surface area contributed by atoms with E-state index in [-0.39, 0.29) is 11.3 Å². The zero-order valence-electron chi connectivity index (χ0n) is 10.5. The van der Waals surface area contributed by atoms with Crippen LogP contribution < -0.4 is 5.73 Å². The first-order chi connectivity index (χ1) is 9.65. The summed E-state index contributed by atoms with van der Waals surface area (Å²) < 4.78 is 1.70. The van der Waals surface area contributed by atoms with E-state index < -0.39 is 5.97 Å². The lowest BCUT2D eigenvalue weighted by Crippen LogP contribution is -2.04. The van der Waals surface area contributed by atoms with Crippen molar-refractivity contribution in [2.75, 3.05) is 5.73 Å². The topological polar surface area (TPSA) is 94.0 Å². The fourth-order valence-electron chi connectivity index (χ4n) is 2.09. The van der Waals surface area contributed by atoms with Gasteiger partial charge in [-0.2, -0.15) is 0 Å². The van der Waals surface area contributed by atoms with Gasteiger partial charge in [0.1, 0.15) is 5.52 Å². The SMILES string of the molecule is Nc1cc2c(cc1C(=O)O)nnn2Cc1ccccc1. The zero-order valence-corrected chi connectivity index (χ0v) is 10.5. The molecule has 2 aromatic carbocycles. The Labute approximate surface area is 114 Å². The van der Waals surface area contributed by atoms with Crippen LogP contribution in [0.4, 0.5) is 5.69 Å². The zero-order chi connectivity index (χ0) is 14.1. The molecule has 0 atom stereocenters. The van der Waals surface area contributed by atoms with Crippen LogP contribution in [0.2, 0.25) is 0 Å². The van der Waals surface area contributed by atoms with Gasteiger partial charge in [0.2, 0.25) is 0 Å². The van der Waals surface area contributed by atoms with Crippen LogP contribution in [0.25, 0.3) is 11.0 Å². The minimum Gasteiger partial charge on any atom is -0.478 e. The van der Waals surface area contributed by atoms with Crippen LogP contribution in [0, 0.1) is 0 Å². The smallest absolute Gasteiger partial charge is 0.337 e. The highest BCUT2D eigenvalue weighted by atomic mass is 16.4. The second-order valence-electron chi connectivity index (χ2n) is 4.47. The molecule has 3 aromatic rings. The van der Waals surface area contributed by atoms with Crippen LogP contribution in [0.3, 0.4) is 0 Å². The van der Waals surface area contributed by atoms with Crippen molar-refractivity contribution in [3.63, 3.8) is 0 Å². The average molecular weight is 268 g/mol. The summed E-state index contributed by atoms with van der Waals surface area (Å²) in [5.74, 6) is -1.07. The van der Waals surface area contributed by atoms with Crippen molar-refractivity contribution in [3.8, 4) is 0 Å². The van der Waals surface area contributed by atoms with Gasteiger partial charge in [-0.1, -0.05) is 35.5 Å². The summed E-state index contributed by atoms with van der Waals surface area (Å²) in [5.41, 5.74) is 8.34. The van der Waals surface area contributed by atoms with Gasteiger partial charge >= 0.3 is 5.97 Å². The molecule has 0 saturated carbocycles. The molecule has 0 unspecified atom stereocenters. The highest BCUT2D eigenvalue weighted by Gasteiger charge is 2.13. The third-order valence-corrected chi connectivity index (χ3v) is 3.09. The Morgan fingerprint density at radius 3 is 2.70 bits per heavy atom. The molecule has 0 fully saturated rings. The number of fused-ring (bicyclic) bond motifs is 1. The van der Waals surface area contributed by atoms with Gasteiger partial charge in [-0.05, 0) is 17.7 Å². The first-order valence-electron chi connectivity index (χ1n) is 6.05. The van der Waals surface area contributed by atoms with Crippen molar-refractivity contribution >= 4 is 22.7 Å². The second kappa shape index (κ2) is 4.65. The Bertz CT molecular complexity index is 780. The number of rotatable bonds is 3. The number of hydrogen-bond acceptors (Lipinski definition) is 4. The lowest BCUT2D eigenvalue weighted by Gasteiger charge is -2.04. The molecule has 0 spiro atoms. The van der Waals surface area contributed by atoms with Crippen LogP contribution in [0.1, 0.15) is 15.9 Å². The van der Waals surface area contributed by atoms with Gasteiger partial charge in [-0.3, -0.25) is 0 Å². The van der Waals surface area contributed by atoms with Gasteiger partial charge in [0.15, 0.2) is 0 Å². The van der Waals surface area contributed by atoms with Crippen molar-refractivity contribution in [3.05, 3.63) is 53.6 Å². The molecule has 6 heteroatoms. The molecule has 3 rings (SSSR count). The third-order valence-electron chi connectivity index (χ3n) is 3.09. The number of nitrogens with zero attached hydrogens (tertiary/aromatic N) is 3. The summed E-state index contributed by atoms with van der Waals surface area (Å²) in [6.45, 7) is 0.559. The number of carboxylic acid groups (broad SMARTS) is 1. The average Bonchev–Trinajstić information content (AvgIpc) is 2.81. The van der Waals surface area contributed by atoms with E-state index in [2.05, 4.69) is 10.3 Å². The van der Waals surface area contributed by atoms with Crippen molar-refractivity contribution < 1.29 is 9.90 Å². The molecule has 20 heavy (non-hydrogen) atoms. The Morgan fingerprint density at radius 2 is 2.00 bits per heavy atom. The number of hydrogen-bond donors (Lipinski definition) is 2. The monoisotopic (exact) mass is 268 g/mol. The highest BCUT2D eigenvalue weighted by molar-refractivity contribution is 5.98. The standard InChI is InChI=1S/C14H12N4O2/c15-11-7-13-12(6-10(11)14(19)20)16-17-18(13)8-9-4-2-1-3-5-9/h1-7H,8,15H2,(H,19,20). The predicted octanol–water partition coefficient (Wildman–Crippen LogP) is 1.76. The van der Waals surface area contributed by atoms with Crippen molar-refractivity contribution in [1.29, 1.82) is 0 Å². The van der Waals surface area contributed by atoms with Crippen LogP contribution >= 0.6 is 0 Å². The number of anilines is 1. The summed E-state index contributed by atoms with van der Waals surface area (Å²) in [5, 5.41) is 17.1. The van der Waals surface area contributed by atoms with Crippen LogP contribution in [-0.4, -0.2) is 26.1 Å². The lowest BCUT2D eigenvalue weighted by molar-refractivity contribution is 0.0698. The van der Waals surface area contributed by atoms with Crippen LogP contribution in [0.5, 0.6) is 0 Å². The maximum absolute atomic E-state index is 11.0. The molecule has 1 aromatic heterocycles.